The van der Waals surface area contributed by atoms with Gasteiger partial charge in [-0.05, 0) is 18.6 Å². The highest BCUT2D eigenvalue weighted by molar-refractivity contribution is 5.97. The maximum absolute atomic E-state index is 12.0. The molecule has 0 spiro atoms. The molecule has 24 heavy (non-hydrogen) atoms. The van der Waals surface area contributed by atoms with Crippen LogP contribution in [0.2, 0.25) is 0 Å². The first-order chi connectivity index (χ1) is 11.4. The van der Waals surface area contributed by atoms with E-state index in [4.69, 9.17) is 14.6 Å². The van der Waals surface area contributed by atoms with Crippen molar-refractivity contribution in [3.63, 3.8) is 0 Å². The number of methoxy groups -OCH3 is 2. The molecule has 0 atom stereocenters. The molecule has 0 aliphatic rings. The number of ether oxygens (including phenoxy) is 2. The van der Waals surface area contributed by atoms with E-state index in [-0.39, 0.29) is 41.5 Å². The van der Waals surface area contributed by atoms with E-state index in [9.17, 15) is 14.4 Å². The minimum atomic E-state index is -1.16. The molecule has 0 unspecified atom stereocenters. The number of benzene rings is 1. The van der Waals surface area contributed by atoms with Crippen molar-refractivity contribution in [1.82, 2.24) is 5.32 Å². The van der Waals surface area contributed by atoms with Gasteiger partial charge in [-0.3, -0.25) is 9.59 Å². The van der Waals surface area contributed by atoms with Gasteiger partial charge in [0.15, 0.2) is 11.5 Å². The predicted octanol–water partition coefficient (Wildman–Crippen LogP) is 1.65. The van der Waals surface area contributed by atoms with Gasteiger partial charge in [0.05, 0.1) is 25.5 Å². The molecule has 1 aromatic carbocycles. The van der Waals surface area contributed by atoms with Crippen molar-refractivity contribution in [1.29, 1.82) is 0 Å². The van der Waals surface area contributed by atoms with Gasteiger partial charge < -0.3 is 25.2 Å². The molecular formula is C16H22N2O6. The second-order valence-corrected chi connectivity index (χ2v) is 4.96. The molecule has 2 amide bonds. The van der Waals surface area contributed by atoms with Crippen LogP contribution in [-0.4, -0.2) is 43.7 Å². The molecule has 0 aliphatic heterocycles. The third-order valence-corrected chi connectivity index (χ3v) is 3.15. The normalized spacial score (nSPS) is 9.96. The van der Waals surface area contributed by atoms with Crippen LogP contribution in [0.4, 0.5) is 5.69 Å². The van der Waals surface area contributed by atoms with Gasteiger partial charge in [0.2, 0.25) is 11.8 Å². The van der Waals surface area contributed by atoms with E-state index in [1.807, 2.05) is 6.92 Å². The van der Waals surface area contributed by atoms with Gasteiger partial charge in [-0.1, -0.05) is 6.92 Å². The summed E-state index contributed by atoms with van der Waals surface area (Å²) >= 11 is 0. The highest BCUT2D eigenvalue weighted by Gasteiger charge is 2.18. The lowest BCUT2D eigenvalue weighted by molar-refractivity contribution is -0.124. The van der Waals surface area contributed by atoms with Crippen molar-refractivity contribution >= 4 is 23.5 Å². The number of amides is 2. The zero-order chi connectivity index (χ0) is 18.1. The molecule has 8 heteroatoms. The quantitative estimate of drug-likeness (QED) is 0.631. The first kappa shape index (κ1) is 19.3. The number of rotatable bonds is 9. The van der Waals surface area contributed by atoms with E-state index in [0.717, 1.165) is 6.42 Å². The fraction of sp³-hybridized carbons (Fsp3) is 0.438. The fourth-order valence-electron chi connectivity index (χ4n) is 1.97. The van der Waals surface area contributed by atoms with Crippen molar-refractivity contribution in [3.8, 4) is 11.5 Å². The molecule has 0 fully saturated rings. The minimum absolute atomic E-state index is 0.0294. The first-order valence-corrected chi connectivity index (χ1v) is 7.48. The Morgan fingerprint density at radius 1 is 1.08 bits per heavy atom. The summed E-state index contributed by atoms with van der Waals surface area (Å²) in [6.45, 7) is 2.49. The molecule has 3 N–H and O–H groups in total. The minimum Gasteiger partial charge on any atom is -0.493 e. The lowest BCUT2D eigenvalue weighted by atomic mass is 10.1. The molecule has 0 bridgehead atoms. The van der Waals surface area contributed by atoms with E-state index in [1.54, 1.807) is 0 Å². The highest BCUT2D eigenvalue weighted by atomic mass is 16.5. The lowest BCUT2D eigenvalue weighted by Gasteiger charge is -2.14. The zero-order valence-corrected chi connectivity index (χ0v) is 14.0. The number of carbonyl (C=O) groups is 3. The summed E-state index contributed by atoms with van der Waals surface area (Å²) in [5.74, 6) is -1.40. The third-order valence-electron chi connectivity index (χ3n) is 3.15. The smallest absolute Gasteiger partial charge is 0.335 e. The molecule has 8 nitrogen and oxygen atoms in total. The largest absolute Gasteiger partial charge is 0.493 e. The van der Waals surface area contributed by atoms with Gasteiger partial charge in [-0.25, -0.2) is 4.79 Å². The van der Waals surface area contributed by atoms with Crippen molar-refractivity contribution < 1.29 is 29.0 Å². The third kappa shape index (κ3) is 5.45. The summed E-state index contributed by atoms with van der Waals surface area (Å²) in [5.41, 5.74) is 0.122. The van der Waals surface area contributed by atoms with Crippen LogP contribution < -0.4 is 20.1 Å². The van der Waals surface area contributed by atoms with E-state index in [1.165, 1.54) is 26.4 Å². The van der Waals surface area contributed by atoms with Crippen molar-refractivity contribution in [3.05, 3.63) is 17.7 Å². The van der Waals surface area contributed by atoms with Crippen LogP contribution in [-0.2, 0) is 9.59 Å². The number of hydrogen-bond donors (Lipinski definition) is 3. The van der Waals surface area contributed by atoms with Gasteiger partial charge in [0.25, 0.3) is 0 Å². The van der Waals surface area contributed by atoms with Gasteiger partial charge in [-0.15, -0.1) is 0 Å². The lowest BCUT2D eigenvalue weighted by Crippen LogP contribution is -2.25. The second kappa shape index (κ2) is 9.39. The number of anilines is 1. The first-order valence-electron chi connectivity index (χ1n) is 7.48. The van der Waals surface area contributed by atoms with Crippen LogP contribution in [0.15, 0.2) is 12.1 Å². The Labute approximate surface area is 140 Å². The van der Waals surface area contributed by atoms with Crippen molar-refractivity contribution in [2.75, 3.05) is 26.1 Å². The molecule has 0 radical (unpaired) electrons. The Morgan fingerprint density at radius 2 is 1.75 bits per heavy atom. The van der Waals surface area contributed by atoms with Gasteiger partial charge in [-0.2, -0.15) is 0 Å². The molecule has 0 aromatic heterocycles. The number of aromatic carboxylic acids is 1. The average Bonchev–Trinajstić information content (AvgIpc) is 2.57. The summed E-state index contributed by atoms with van der Waals surface area (Å²) in [7, 11) is 2.75. The molecule has 132 valence electrons. The Morgan fingerprint density at radius 3 is 2.29 bits per heavy atom. The Kier molecular flexibility index (Phi) is 7.54. The molecule has 0 aliphatic carbocycles. The summed E-state index contributed by atoms with van der Waals surface area (Å²) in [5, 5.41) is 14.4. The molecule has 0 saturated carbocycles. The number of nitrogens with one attached hydrogen (secondary N) is 2. The van der Waals surface area contributed by atoms with Gasteiger partial charge in [0.1, 0.15) is 0 Å². The van der Waals surface area contributed by atoms with E-state index in [2.05, 4.69) is 10.6 Å². The molecule has 0 heterocycles. The second-order valence-electron chi connectivity index (χ2n) is 4.96. The van der Waals surface area contributed by atoms with Crippen molar-refractivity contribution in [2.24, 2.45) is 0 Å². The molecular weight excluding hydrogens is 316 g/mol. The number of hydrogen-bond acceptors (Lipinski definition) is 5. The molecule has 1 rings (SSSR count). The molecule has 1 aromatic rings. The van der Waals surface area contributed by atoms with Crippen LogP contribution in [0.1, 0.15) is 36.5 Å². The summed E-state index contributed by atoms with van der Waals surface area (Å²) < 4.78 is 10.3. The SMILES string of the molecule is CCCNC(=O)CCC(=O)Nc1cc(C(=O)O)cc(OC)c1OC. The Hall–Kier alpha value is -2.77. The summed E-state index contributed by atoms with van der Waals surface area (Å²) in [6.07, 6.45) is 0.832. The molecule has 0 saturated heterocycles. The van der Waals surface area contributed by atoms with Gasteiger partial charge >= 0.3 is 5.97 Å². The average molecular weight is 338 g/mol. The van der Waals surface area contributed by atoms with Crippen LogP contribution in [0.5, 0.6) is 11.5 Å². The Balaban J connectivity index is 2.85. The maximum Gasteiger partial charge on any atom is 0.335 e. The fourth-order valence-corrected chi connectivity index (χ4v) is 1.97. The number of carboxylic acids is 1. The Bertz CT molecular complexity index is 615. The van der Waals surface area contributed by atoms with Crippen LogP contribution in [0, 0.1) is 0 Å². The monoisotopic (exact) mass is 338 g/mol. The standard InChI is InChI=1S/C16H22N2O6/c1-4-7-17-13(19)5-6-14(20)18-11-8-10(16(21)22)9-12(23-2)15(11)24-3/h8-9H,4-7H2,1-3H3,(H,17,19)(H,18,20)(H,21,22). The van der Waals surface area contributed by atoms with Crippen LogP contribution in [0.25, 0.3) is 0 Å². The number of carbonyl (C=O) groups excluding carboxylic acids is 2. The van der Waals surface area contributed by atoms with E-state index in [0.29, 0.717) is 6.54 Å². The van der Waals surface area contributed by atoms with Crippen LogP contribution in [0.3, 0.4) is 0 Å². The van der Waals surface area contributed by atoms with E-state index < -0.39 is 11.9 Å². The zero-order valence-electron chi connectivity index (χ0n) is 14.0. The topological polar surface area (TPSA) is 114 Å². The van der Waals surface area contributed by atoms with E-state index >= 15 is 0 Å². The summed E-state index contributed by atoms with van der Waals surface area (Å²) in [4.78, 5) is 34.7. The highest BCUT2D eigenvalue weighted by Crippen LogP contribution is 2.36. The summed E-state index contributed by atoms with van der Waals surface area (Å²) in [6, 6.07) is 2.58. The number of carboxylic acid groups (broad SMARTS) is 1. The van der Waals surface area contributed by atoms with Crippen LogP contribution >= 0.6 is 0 Å². The predicted molar refractivity (Wildman–Crippen MR) is 87.7 cm³/mol. The van der Waals surface area contributed by atoms with Crippen molar-refractivity contribution in [2.45, 2.75) is 26.2 Å². The van der Waals surface area contributed by atoms with Gasteiger partial charge in [0, 0.05) is 19.4 Å². The maximum atomic E-state index is 12.0.